The molecule has 7 nitrogen and oxygen atoms in total. The summed E-state index contributed by atoms with van der Waals surface area (Å²) in [6.45, 7) is 3.80. The molecule has 9 heteroatoms. The van der Waals surface area contributed by atoms with Gasteiger partial charge in [-0.05, 0) is 25.2 Å². The monoisotopic (exact) mass is 410 g/mol. The molecule has 0 unspecified atom stereocenters. The third-order valence-electron chi connectivity index (χ3n) is 5.59. The Balaban J connectivity index is 1.60. The van der Waals surface area contributed by atoms with Crippen molar-refractivity contribution in [2.75, 3.05) is 38.1 Å². The predicted octanol–water partition coefficient (Wildman–Crippen LogP) is 2.21. The number of hydrogen-bond acceptors (Lipinski definition) is 5. The Morgan fingerprint density at radius 1 is 1.03 bits per heavy atom. The molecule has 1 saturated heterocycles. The van der Waals surface area contributed by atoms with Gasteiger partial charge in [-0.1, -0.05) is 6.07 Å². The minimum Gasteiger partial charge on any atom is -0.353 e. The Bertz CT molecular complexity index is 1120. The Kier molecular flexibility index (Phi) is 4.47. The molecule has 5 rings (SSSR count). The van der Waals surface area contributed by atoms with Crippen LogP contribution in [0.15, 0.2) is 36.5 Å². The molecule has 30 heavy (non-hydrogen) atoms. The largest absolute Gasteiger partial charge is 0.353 e. The van der Waals surface area contributed by atoms with Gasteiger partial charge in [0.25, 0.3) is 5.91 Å². The predicted molar refractivity (Wildman–Crippen MR) is 108 cm³/mol. The molecule has 2 aromatic heterocycles. The lowest BCUT2D eigenvalue weighted by molar-refractivity contribution is 0.0965. The fraction of sp³-hybridized carbons (Fsp3) is 0.286. The summed E-state index contributed by atoms with van der Waals surface area (Å²) in [6.07, 6.45) is 1.76. The van der Waals surface area contributed by atoms with E-state index in [9.17, 15) is 13.6 Å². The van der Waals surface area contributed by atoms with Gasteiger partial charge in [-0.2, -0.15) is 5.10 Å². The summed E-state index contributed by atoms with van der Waals surface area (Å²) in [5.74, 6) is -0.885. The first-order chi connectivity index (χ1) is 14.5. The van der Waals surface area contributed by atoms with Gasteiger partial charge in [0.1, 0.15) is 11.6 Å². The Hall–Kier alpha value is -3.33. The maximum absolute atomic E-state index is 14.4. The van der Waals surface area contributed by atoms with Crippen molar-refractivity contribution in [3.63, 3.8) is 0 Å². The molecular weight excluding hydrogens is 390 g/mol. The van der Waals surface area contributed by atoms with Gasteiger partial charge in [0.05, 0.1) is 34.7 Å². The molecule has 1 fully saturated rings. The number of pyridine rings is 1. The standard InChI is InChI=1S/C21H20F2N6O/c1-27-7-9-28(10-8-27)18-5-6-29(26-18)17-11-15(19-13(22)3-2-4-14(19)23)25-16-12-24-21(30)20(16)17/h2-6,11H,7-10,12H2,1H3,(H,24,30). The third-order valence-corrected chi connectivity index (χ3v) is 5.59. The number of carbonyl (C=O) groups is 1. The summed E-state index contributed by atoms with van der Waals surface area (Å²) in [5.41, 5.74) is 1.20. The second-order valence-electron chi connectivity index (χ2n) is 7.54. The van der Waals surface area contributed by atoms with Gasteiger partial charge in [-0.15, -0.1) is 0 Å². The SMILES string of the molecule is CN1CCN(c2ccn(-c3cc(-c4c(F)cccc4F)nc4c3C(=O)NC4)n2)CC1. The van der Waals surface area contributed by atoms with Crippen LogP contribution in [0.4, 0.5) is 14.6 Å². The topological polar surface area (TPSA) is 66.3 Å². The van der Waals surface area contributed by atoms with E-state index in [2.05, 4.69) is 32.2 Å². The molecule has 3 aromatic rings. The van der Waals surface area contributed by atoms with Crippen molar-refractivity contribution >= 4 is 11.7 Å². The smallest absolute Gasteiger partial charge is 0.255 e. The van der Waals surface area contributed by atoms with Crippen molar-refractivity contribution in [3.05, 3.63) is 59.4 Å². The number of halogens is 2. The molecule has 0 atom stereocenters. The van der Waals surface area contributed by atoms with Gasteiger partial charge >= 0.3 is 0 Å². The molecule has 2 aliphatic rings. The van der Waals surface area contributed by atoms with Gasteiger partial charge in [0.2, 0.25) is 0 Å². The number of piperazine rings is 1. The van der Waals surface area contributed by atoms with Crippen LogP contribution in [0.3, 0.4) is 0 Å². The summed E-state index contributed by atoms with van der Waals surface area (Å²) < 4.78 is 30.3. The maximum Gasteiger partial charge on any atom is 0.255 e. The van der Waals surface area contributed by atoms with Crippen molar-refractivity contribution in [1.82, 2.24) is 25.0 Å². The number of nitrogens with zero attached hydrogens (tertiary/aromatic N) is 5. The van der Waals surface area contributed by atoms with Crippen LogP contribution in [0.25, 0.3) is 16.9 Å². The second-order valence-corrected chi connectivity index (χ2v) is 7.54. The molecule has 154 valence electrons. The van der Waals surface area contributed by atoms with Crippen LogP contribution in [0.5, 0.6) is 0 Å². The zero-order valence-corrected chi connectivity index (χ0v) is 16.4. The zero-order chi connectivity index (χ0) is 20.8. The summed E-state index contributed by atoms with van der Waals surface area (Å²) >= 11 is 0. The number of likely N-dealkylation sites (N-methyl/N-ethyl adjacent to an activating group) is 1. The first-order valence-electron chi connectivity index (χ1n) is 9.77. The van der Waals surface area contributed by atoms with Crippen molar-refractivity contribution in [2.24, 2.45) is 0 Å². The third kappa shape index (κ3) is 3.11. The molecular formula is C21H20F2N6O. The summed E-state index contributed by atoms with van der Waals surface area (Å²) in [6, 6.07) is 7.09. The van der Waals surface area contributed by atoms with E-state index in [0.717, 1.165) is 32.0 Å². The number of benzene rings is 1. The Morgan fingerprint density at radius 3 is 2.50 bits per heavy atom. The van der Waals surface area contributed by atoms with E-state index >= 15 is 0 Å². The van der Waals surface area contributed by atoms with Crippen LogP contribution in [-0.2, 0) is 6.54 Å². The van der Waals surface area contributed by atoms with E-state index in [1.54, 1.807) is 10.9 Å². The number of nitrogens with one attached hydrogen (secondary N) is 1. The lowest BCUT2D eigenvalue weighted by Crippen LogP contribution is -2.44. The van der Waals surface area contributed by atoms with E-state index in [1.165, 1.54) is 24.3 Å². The van der Waals surface area contributed by atoms with Crippen molar-refractivity contribution in [2.45, 2.75) is 6.54 Å². The highest BCUT2D eigenvalue weighted by Crippen LogP contribution is 2.31. The van der Waals surface area contributed by atoms with Crippen molar-refractivity contribution < 1.29 is 13.6 Å². The molecule has 4 heterocycles. The normalized spacial score (nSPS) is 16.6. The van der Waals surface area contributed by atoms with Crippen LogP contribution in [0.2, 0.25) is 0 Å². The quantitative estimate of drug-likeness (QED) is 0.717. The molecule has 0 radical (unpaired) electrons. The van der Waals surface area contributed by atoms with E-state index in [-0.39, 0.29) is 23.7 Å². The highest BCUT2D eigenvalue weighted by Gasteiger charge is 2.28. The van der Waals surface area contributed by atoms with Gasteiger partial charge in [-0.3, -0.25) is 4.79 Å². The van der Waals surface area contributed by atoms with Crippen LogP contribution >= 0.6 is 0 Å². The molecule has 0 aliphatic carbocycles. The molecule has 1 amide bonds. The Labute approximate surface area is 171 Å². The van der Waals surface area contributed by atoms with Gasteiger partial charge in [-0.25, -0.2) is 18.4 Å². The van der Waals surface area contributed by atoms with Gasteiger partial charge < -0.3 is 15.1 Å². The first-order valence-corrected chi connectivity index (χ1v) is 9.77. The molecule has 0 bridgehead atoms. The van der Waals surface area contributed by atoms with E-state index in [0.29, 0.717) is 16.9 Å². The highest BCUT2D eigenvalue weighted by atomic mass is 19.1. The van der Waals surface area contributed by atoms with Crippen molar-refractivity contribution in [1.29, 1.82) is 0 Å². The second kappa shape index (κ2) is 7.17. The molecule has 2 aliphatic heterocycles. The van der Waals surface area contributed by atoms with Crippen LogP contribution in [-0.4, -0.2) is 58.8 Å². The number of rotatable bonds is 3. The molecule has 0 spiro atoms. The van der Waals surface area contributed by atoms with E-state index < -0.39 is 11.6 Å². The van der Waals surface area contributed by atoms with Crippen molar-refractivity contribution in [3.8, 4) is 16.9 Å². The fourth-order valence-electron chi connectivity index (χ4n) is 3.91. The maximum atomic E-state index is 14.4. The zero-order valence-electron chi connectivity index (χ0n) is 16.4. The van der Waals surface area contributed by atoms with E-state index in [1.807, 2.05) is 6.07 Å². The Morgan fingerprint density at radius 2 is 1.77 bits per heavy atom. The molecule has 1 N–H and O–H groups in total. The van der Waals surface area contributed by atoms with Gasteiger partial charge in [0.15, 0.2) is 5.82 Å². The van der Waals surface area contributed by atoms with Gasteiger partial charge in [0, 0.05) is 38.4 Å². The van der Waals surface area contributed by atoms with Crippen LogP contribution in [0, 0.1) is 11.6 Å². The lowest BCUT2D eigenvalue weighted by atomic mass is 10.1. The summed E-state index contributed by atoms with van der Waals surface area (Å²) in [4.78, 5) is 21.2. The first kappa shape index (κ1) is 18.7. The summed E-state index contributed by atoms with van der Waals surface area (Å²) in [7, 11) is 2.08. The average Bonchev–Trinajstić information content (AvgIpc) is 3.36. The number of amides is 1. The fourth-order valence-corrected chi connectivity index (χ4v) is 3.91. The number of fused-ring (bicyclic) bond motifs is 1. The minimum atomic E-state index is -0.704. The number of hydrogen-bond donors (Lipinski definition) is 1. The van der Waals surface area contributed by atoms with E-state index in [4.69, 9.17) is 0 Å². The minimum absolute atomic E-state index is 0.132. The molecule has 1 aromatic carbocycles. The molecule has 0 saturated carbocycles. The average molecular weight is 410 g/mol. The summed E-state index contributed by atoms with van der Waals surface area (Å²) in [5, 5.41) is 7.38. The number of carbonyl (C=O) groups excluding carboxylic acids is 1. The van der Waals surface area contributed by atoms with Crippen LogP contribution < -0.4 is 10.2 Å². The van der Waals surface area contributed by atoms with Crippen LogP contribution in [0.1, 0.15) is 16.1 Å². The number of anilines is 1. The number of aromatic nitrogens is 3. The lowest BCUT2D eigenvalue weighted by Gasteiger charge is -2.32. The highest BCUT2D eigenvalue weighted by molar-refractivity contribution is 6.01.